The van der Waals surface area contributed by atoms with Crippen molar-refractivity contribution in [2.24, 2.45) is 10.7 Å². The lowest BCUT2D eigenvalue weighted by molar-refractivity contribution is 0.380. The molecule has 11 heavy (non-hydrogen) atoms. The molecule has 0 atom stereocenters. The van der Waals surface area contributed by atoms with E-state index in [1.54, 1.807) is 0 Å². The van der Waals surface area contributed by atoms with Gasteiger partial charge in [0.05, 0.1) is 12.2 Å². The largest absolute Gasteiger partial charge is 0.345 e. The predicted molar refractivity (Wildman–Crippen MR) is 47.6 cm³/mol. The minimum atomic E-state index is 0.0741. The smallest absolute Gasteiger partial charge is 0.100 e. The third-order valence-corrected chi connectivity index (χ3v) is 1.91. The molecule has 0 aliphatic carbocycles. The van der Waals surface area contributed by atoms with Gasteiger partial charge in [-0.2, -0.15) is 0 Å². The molecule has 1 aliphatic rings. The molecule has 3 nitrogen and oxygen atoms in total. The fourth-order valence-corrected chi connectivity index (χ4v) is 1.49. The third-order valence-electron chi connectivity index (χ3n) is 1.91. The first kappa shape index (κ1) is 8.53. The molecule has 0 fully saturated rings. The average molecular weight is 155 g/mol. The van der Waals surface area contributed by atoms with Crippen LogP contribution in [0.1, 0.15) is 27.2 Å². The highest BCUT2D eigenvalue weighted by atomic mass is 15.3. The molecule has 1 rings (SSSR count). The van der Waals surface area contributed by atoms with Crippen LogP contribution < -0.4 is 5.73 Å². The number of aliphatic imine (C=N–C) groups is 1. The van der Waals surface area contributed by atoms with Crippen LogP contribution >= 0.6 is 0 Å². The van der Waals surface area contributed by atoms with E-state index in [0.29, 0.717) is 6.67 Å². The number of hydrogen-bond donors (Lipinski definition) is 1. The lowest BCUT2D eigenvalue weighted by Gasteiger charge is -2.19. The molecule has 2 N–H and O–H groups in total. The Morgan fingerprint density at radius 2 is 2.27 bits per heavy atom. The van der Waals surface area contributed by atoms with Crippen molar-refractivity contribution < 1.29 is 0 Å². The first-order chi connectivity index (χ1) is 5.09. The van der Waals surface area contributed by atoms with Crippen molar-refractivity contribution >= 4 is 5.84 Å². The molecule has 0 aromatic rings. The molecule has 0 aromatic heterocycles. The van der Waals surface area contributed by atoms with Gasteiger partial charge in [0.1, 0.15) is 5.84 Å². The lowest BCUT2D eigenvalue weighted by Crippen LogP contribution is -2.36. The Bertz CT molecular complexity index is 172. The maximum atomic E-state index is 5.57. The summed E-state index contributed by atoms with van der Waals surface area (Å²) in [6, 6.07) is 0. The second kappa shape index (κ2) is 2.81. The van der Waals surface area contributed by atoms with Crippen molar-refractivity contribution in [3.63, 3.8) is 0 Å². The molecule has 0 saturated carbocycles. The van der Waals surface area contributed by atoms with E-state index in [4.69, 9.17) is 5.73 Å². The number of hydrogen-bond acceptors (Lipinski definition) is 3. The van der Waals surface area contributed by atoms with E-state index >= 15 is 0 Å². The molecule has 1 heterocycles. The highest BCUT2D eigenvalue weighted by Gasteiger charge is 2.28. The maximum absolute atomic E-state index is 5.57. The molecule has 64 valence electrons. The summed E-state index contributed by atoms with van der Waals surface area (Å²) in [7, 11) is 0. The lowest BCUT2D eigenvalue weighted by atomic mass is 10.1. The van der Waals surface area contributed by atoms with Crippen molar-refractivity contribution in [1.29, 1.82) is 0 Å². The van der Waals surface area contributed by atoms with Gasteiger partial charge in [0.2, 0.25) is 0 Å². The molecular formula is C8H17N3. The number of amidine groups is 1. The normalized spacial score (nSPS) is 22.2. The van der Waals surface area contributed by atoms with Gasteiger partial charge in [-0.15, -0.1) is 0 Å². The van der Waals surface area contributed by atoms with Crippen molar-refractivity contribution in [2.45, 2.75) is 32.7 Å². The Labute approximate surface area is 68.3 Å². The molecular weight excluding hydrogens is 138 g/mol. The van der Waals surface area contributed by atoms with E-state index in [-0.39, 0.29) is 5.54 Å². The predicted octanol–water partition coefficient (Wildman–Crippen LogP) is 0.805. The fraction of sp³-hybridized carbons (Fsp3) is 0.875. The highest BCUT2D eigenvalue weighted by Crippen LogP contribution is 2.20. The minimum Gasteiger partial charge on any atom is -0.345 e. The fourth-order valence-electron chi connectivity index (χ4n) is 1.49. The van der Waals surface area contributed by atoms with E-state index in [1.807, 2.05) is 0 Å². The van der Waals surface area contributed by atoms with E-state index in [0.717, 1.165) is 18.8 Å². The third kappa shape index (κ3) is 1.71. The molecule has 1 aliphatic heterocycles. The topological polar surface area (TPSA) is 41.6 Å². The Morgan fingerprint density at radius 3 is 2.64 bits per heavy atom. The zero-order valence-corrected chi connectivity index (χ0v) is 7.59. The molecule has 0 bridgehead atoms. The van der Waals surface area contributed by atoms with Crippen LogP contribution in [0.25, 0.3) is 0 Å². The highest BCUT2D eigenvalue weighted by molar-refractivity contribution is 5.84. The van der Waals surface area contributed by atoms with Gasteiger partial charge in [-0.1, -0.05) is 6.92 Å². The number of nitrogens with two attached hydrogens (primary N) is 1. The van der Waals surface area contributed by atoms with Crippen LogP contribution in [0, 0.1) is 0 Å². The van der Waals surface area contributed by atoms with Crippen LogP contribution in [0.15, 0.2) is 4.99 Å². The van der Waals surface area contributed by atoms with E-state index in [9.17, 15) is 0 Å². The first-order valence-electron chi connectivity index (χ1n) is 4.13. The van der Waals surface area contributed by atoms with Gasteiger partial charge in [-0.05, 0) is 13.8 Å². The van der Waals surface area contributed by atoms with Crippen LogP contribution in [0.5, 0.6) is 0 Å². The van der Waals surface area contributed by atoms with Crippen LogP contribution in [-0.2, 0) is 0 Å². The standard InChI is InChI=1S/C8H17N3/c1-4-7-10-8(2,3)5-11(7)6-9/h4-6,9H2,1-3H3. The molecule has 0 spiro atoms. The summed E-state index contributed by atoms with van der Waals surface area (Å²) in [5.74, 6) is 1.15. The van der Waals surface area contributed by atoms with Gasteiger partial charge in [-0.3, -0.25) is 4.99 Å². The molecule has 3 heteroatoms. The van der Waals surface area contributed by atoms with Gasteiger partial charge in [0.25, 0.3) is 0 Å². The number of nitrogens with zero attached hydrogens (tertiary/aromatic N) is 2. The van der Waals surface area contributed by atoms with Crippen molar-refractivity contribution in [2.75, 3.05) is 13.2 Å². The maximum Gasteiger partial charge on any atom is 0.100 e. The van der Waals surface area contributed by atoms with E-state index < -0.39 is 0 Å². The monoisotopic (exact) mass is 155 g/mol. The Morgan fingerprint density at radius 1 is 1.64 bits per heavy atom. The van der Waals surface area contributed by atoms with Crippen LogP contribution in [0.2, 0.25) is 0 Å². The zero-order valence-electron chi connectivity index (χ0n) is 7.59. The summed E-state index contributed by atoms with van der Waals surface area (Å²) in [5.41, 5.74) is 5.64. The SMILES string of the molecule is CCC1=NC(C)(C)CN1CN. The quantitative estimate of drug-likeness (QED) is 0.641. The summed E-state index contributed by atoms with van der Waals surface area (Å²) in [6.07, 6.45) is 0.987. The molecule has 0 amide bonds. The molecule has 0 radical (unpaired) electrons. The van der Waals surface area contributed by atoms with Gasteiger partial charge < -0.3 is 10.6 Å². The minimum absolute atomic E-state index is 0.0741. The van der Waals surface area contributed by atoms with Crippen molar-refractivity contribution in [3.8, 4) is 0 Å². The Kier molecular flexibility index (Phi) is 2.18. The van der Waals surface area contributed by atoms with Crippen molar-refractivity contribution in [1.82, 2.24) is 4.90 Å². The summed E-state index contributed by atoms with van der Waals surface area (Å²) in [4.78, 5) is 6.69. The molecule has 0 unspecified atom stereocenters. The Balaban J connectivity index is 2.71. The van der Waals surface area contributed by atoms with E-state index in [1.165, 1.54) is 0 Å². The summed E-state index contributed by atoms with van der Waals surface area (Å²) in [6.45, 7) is 7.95. The second-order valence-corrected chi connectivity index (χ2v) is 3.57. The van der Waals surface area contributed by atoms with Crippen LogP contribution in [0.4, 0.5) is 0 Å². The van der Waals surface area contributed by atoms with Gasteiger partial charge >= 0.3 is 0 Å². The van der Waals surface area contributed by atoms with Crippen LogP contribution in [0.3, 0.4) is 0 Å². The summed E-state index contributed by atoms with van der Waals surface area (Å²) < 4.78 is 0. The molecule has 0 aromatic carbocycles. The van der Waals surface area contributed by atoms with Crippen molar-refractivity contribution in [3.05, 3.63) is 0 Å². The number of rotatable bonds is 2. The second-order valence-electron chi connectivity index (χ2n) is 3.57. The van der Waals surface area contributed by atoms with Crippen LogP contribution in [-0.4, -0.2) is 29.5 Å². The zero-order chi connectivity index (χ0) is 8.48. The van der Waals surface area contributed by atoms with Gasteiger partial charge in [0, 0.05) is 13.0 Å². The van der Waals surface area contributed by atoms with Gasteiger partial charge in [0.15, 0.2) is 0 Å². The summed E-state index contributed by atoms with van der Waals surface area (Å²) in [5, 5.41) is 0. The summed E-state index contributed by atoms with van der Waals surface area (Å²) >= 11 is 0. The molecule has 0 saturated heterocycles. The average Bonchev–Trinajstić information content (AvgIpc) is 2.25. The first-order valence-corrected chi connectivity index (χ1v) is 4.13. The van der Waals surface area contributed by atoms with E-state index in [2.05, 4.69) is 30.7 Å². The Hall–Kier alpha value is -0.570. The van der Waals surface area contributed by atoms with Gasteiger partial charge in [-0.25, -0.2) is 0 Å².